The van der Waals surface area contributed by atoms with E-state index in [0.717, 1.165) is 22.5 Å². The molecule has 156 valence electrons. The van der Waals surface area contributed by atoms with Crippen molar-refractivity contribution in [3.05, 3.63) is 59.1 Å². The van der Waals surface area contributed by atoms with Gasteiger partial charge in [-0.05, 0) is 37.3 Å². The van der Waals surface area contributed by atoms with Crippen LogP contribution in [-0.4, -0.2) is 55.8 Å². The molecule has 2 aromatic carbocycles. The second-order valence-electron chi connectivity index (χ2n) is 6.50. The van der Waals surface area contributed by atoms with Gasteiger partial charge in [0.1, 0.15) is 17.4 Å². The first-order chi connectivity index (χ1) is 13.7. The lowest BCUT2D eigenvalue weighted by Crippen LogP contribution is -2.53. The topological polar surface area (TPSA) is 66.9 Å². The fraction of sp³-hybridized carbons (Fsp3) is 0.316. The summed E-state index contributed by atoms with van der Waals surface area (Å²) < 4.78 is 59.6. The molecule has 0 radical (unpaired) electrons. The quantitative estimate of drug-likeness (QED) is 0.711. The Bertz CT molecular complexity index is 991. The lowest BCUT2D eigenvalue weighted by atomic mass is 10.2. The molecule has 1 aliphatic rings. The molecular weight excluding hydrogens is 426 g/mol. The number of carbonyl (C=O) groups is 1. The van der Waals surface area contributed by atoms with Crippen molar-refractivity contribution in [1.29, 1.82) is 0 Å². The number of halogens is 3. The van der Waals surface area contributed by atoms with Crippen molar-refractivity contribution in [3.63, 3.8) is 0 Å². The Hall–Kier alpha value is -2.23. The fourth-order valence-electron chi connectivity index (χ4n) is 3.06. The van der Waals surface area contributed by atoms with E-state index in [1.54, 1.807) is 31.2 Å². The summed E-state index contributed by atoms with van der Waals surface area (Å²) in [6, 6.07) is 9.51. The van der Waals surface area contributed by atoms with Crippen LogP contribution in [0.15, 0.2) is 47.4 Å². The summed E-state index contributed by atoms with van der Waals surface area (Å²) in [6.45, 7) is 1.59. The highest BCUT2D eigenvalue weighted by atomic mass is 35.5. The van der Waals surface area contributed by atoms with Gasteiger partial charge in [0.05, 0.1) is 0 Å². The fourth-order valence-corrected chi connectivity index (χ4v) is 4.77. The Labute approximate surface area is 172 Å². The van der Waals surface area contributed by atoms with E-state index >= 15 is 0 Å². The van der Waals surface area contributed by atoms with Crippen LogP contribution in [0.25, 0.3) is 0 Å². The molecule has 0 spiro atoms. The molecule has 0 bridgehead atoms. The van der Waals surface area contributed by atoms with E-state index in [9.17, 15) is 22.0 Å². The maximum atomic E-state index is 13.9. The third-order valence-electron chi connectivity index (χ3n) is 4.52. The molecule has 29 heavy (non-hydrogen) atoms. The summed E-state index contributed by atoms with van der Waals surface area (Å²) in [7, 11) is -4.35. The Morgan fingerprint density at radius 2 is 1.66 bits per heavy atom. The average molecular weight is 445 g/mol. The van der Waals surface area contributed by atoms with Crippen LogP contribution in [-0.2, 0) is 14.8 Å². The van der Waals surface area contributed by atoms with Crippen molar-refractivity contribution in [1.82, 2.24) is 9.21 Å². The maximum Gasteiger partial charge on any atom is 0.263 e. The van der Waals surface area contributed by atoms with Gasteiger partial charge in [0, 0.05) is 31.2 Å². The zero-order valence-electron chi connectivity index (χ0n) is 15.5. The molecule has 3 rings (SSSR count). The number of hydrogen-bond acceptors (Lipinski definition) is 4. The van der Waals surface area contributed by atoms with Gasteiger partial charge in [0.25, 0.3) is 5.91 Å². The normalized spacial score (nSPS) is 16.5. The first kappa shape index (κ1) is 21.5. The summed E-state index contributed by atoms with van der Waals surface area (Å²) in [5.74, 6) is -2.17. The van der Waals surface area contributed by atoms with Gasteiger partial charge in [-0.2, -0.15) is 4.31 Å². The van der Waals surface area contributed by atoms with Crippen molar-refractivity contribution in [2.24, 2.45) is 0 Å². The molecule has 1 amide bonds. The third kappa shape index (κ3) is 4.68. The van der Waals surface area contributed by atoms with E-state index in [-0.39, 0.29) is 32.1 Å². The van der Waals surface area contributed by atoms with Crippen molar-refractivity contribution in [2.45, 2.75) is 17.9 Å². The van der Waals surface area contributed by atoms with Gasteiger partial charge in [-0.3, -0.25) is 4.79 Å². The predicted molar refractivity (Wildman–Crippen MR) is 103 cm³/mol. The van der Waals surface area contributed by atoms with Crippen LogP contribution in [0.4, 0.5) is 8.78 Å². The maximum absolute atomic E-state index is 13.9. The van der Waals surface area contributed by atoms with Crippen LogP contribution in [0.1, 0.15) is 6.92 Å². The van der Waals surface area contributed by atoms with E-state index in [0.29, 0.717) is 10.8 Å². The van der Waals surface area contributed by atoms with Gasteiger partial charge in [-0.25, -0.2) is 17.2 Å². The van der Waals surface area contributed by atoms with Crippen LogP contribution in [0.3, 0.4) is 0 Å². The number of nitrogens with zero attached hydrogens (tertiary/aromatic N) is 2. The average Bonchev–Trinajstić information content (AvgIpc) is 2.67. The van der Waals surface area contributed by atoms with Crippen molar-refractivity contribution >= 4 is 27.5 Å². The number of carbonyl (C=O) groups excluding carboxylic acids is 1. The molecule has 1 heterocycles. The van der Waals surface area contributed by atoms with Crippen molar-refractivity contribution in [2.75, 3.05) is 26.2 Å². The molecule has 6 nitrogen and oxygen atoms in total. The monoisotopic (exact) mass is 444 g/mol. The third-order valence-corrected chi connectivity index (χ3v) is 6.71. The molecule has 1 atom stereocenters. The highest BCUT2D eigenvalue weighted by Crippen LogP contribution is 2.24. The van der Waals surface area contributed by atoms with Gasteiger partial charge in [0.15, 0.2) is 11.0 Å². The lowest BCUT2D eigenvalue weighted by molar-refractivity contribution is -0.139. The number of piperazine rings is 1. The first-order valence-corrected chi connectivity index (χ1v) is 10.7. The number of amides is 1. The van der Waals surface area contributed by atoms with Crippen LogP contribution in [0, 0.1) is 11.6 Å². The SMILES string of the molecule is CC(Oc1cccc(Cl)c1)C(=O)N1CCN(S(=O)(=O)c2c(F)cccc2F)CC1. The zero-order chi connectivity index (χ0) is 21.2. The predicted octanol–water partition coefficient (Wildman–Crippen LogP) is 2.92. The van der Waals surface area contributed by atoms with Gasteiger partial charge >= 0.3 is 0 Å². The summed E-state index contributed by atoms with van der Waals surface area (Å²) in [5, 5.41) is 0.473. The smallest absolute Gasteiger partial charge is 0.263 e. The molecule has 1 saturated heterocycles. The van der Waals surface area contributed by atoms with Crippen LogP contribution in [0.5, 0.6) is 5.75 Å². The number of ether oxygens (including phenoxy) is 1. The summed E-state index contributed by atoms with van der Waals surface area (Å²) in [4.78, 5) is 13.1. The highest BCUT2D eigenvalue weighted by Gasteiger charge is 2.35. The molecule has 0 saturated carbocycles. The molecule has 1 unspecified atom stereocenters. The Morgan fingerprint density at radius 3 is 2.24 bits per heavy atom. The van der Waals surface area contributed by atoms with Crippen LogP contribution < -0.4 is 4.74 Å². The number of hydrogen-bond donors (Lipinski definition) is 0. The van der Waals surface area contributed by atoms with Crippen LogP contribution in [0.2, 0.25) is 5.02 Å². The van der Waals surface area contributed by atoms with Gasteiger partial charge in [0.2, 0.25) is 10.0 Å². The van der Waals surface area contributed by atoms with Crippen molar-refractivity contribution < 1.29 is 26.7 Å². The Morgan fingerprint density at radius 1 is 1.07 bits per heavy atom. The molecular formula is C19H19ClF2N2O4S. The molecule has 1 aliphatic heterocycles. The van der Waals surface area contributed by atoms with Gasteiger partial charge in [-0.15, -0.1) is 0 Å². The number of benzene rings is 2. The van der Waals surface area contributed by atoms with E-state index in [1.807, 2.05) is 0 Å². The van der Waals surface area contributed by atoms with E-state index < -0.39 is 32.7 Å². The summed E-state index contributed by atoms with van der Waals surface area (Å²) >= 11 is 5.90. The first-order valence-electron chi connectivity index (χ1n) is 8.85. The summed E-state index contributed by atoms with van der Waals surface area (Å²) in [5.41, 5.74) is 0. The molecule has 10 heteroatoms. The largest absolute Gasteiger partial charge is 0.481 e. The second kappa shape index (κ2) is 8.64. The molecule has 0 aliphatic carbocycles. The lowest BCUT2D eigenvalue weighted by Gasteiger charge is -2.35. The van der Waals surface area contributed by atoms with Gasteiger partial charge < -0.3 is 9.64 Å². The van der Waals surface area contributed by atoms with E-state index in [1.165, 1.54) is 4.90 Å². The Balaban J connectivity index is 1.64. The standard InChI is InChI=1S/C19H19ClF2N2O4S/c1-13(28-15-5-2-4-14(20)12-15)19(25)23-8-10-24(11-9-23)29(26,27)18-16(21)6-3-7-17(18)22/h2-7,12-13H,8-11H2,1H3. The minimum atomic E-state index is -4.35. The minimum absolute atomic E-state index is 0.0776. The summed E-state index contributed by atoms with van der Waals surface area (Å²) in [6.07, 6.45) is -0.805. The van der Waals surface area contributed by atoms with Crippen molar-refractivity contribution in [3.8, 4) is 5.75 Å². The number of rotatable bonds is 5. The molecule has 0 aromatic heterocycles. The van der Waals surface area contributed by atoms with E-state index in [2.05, 4.69) is 0 Å². The molecule has 1 fully saturated rings. The zero-order valence-corrected chi connectivity index (χ0v) is 17.1. The number of sulfonamides is 1. The molecule has 0 N–H and O–H groups in total. The molecule has 2 aromatic rings. The second-order valence-corrected chi connectivity index (χ2v) is 8.81. The van der Waals surface area contributed by atoms with Crippen LogP contribution >= 0.6 is 11.6 Å². The Kier molecular flexibility index (Phi) is 6.40. The van der Waals surface area contributed by atoms with Gasteiger partial charge in [-0.1, -0.05) is 23.7 Å². The highest BCUT2D eigenvalue weighted by molar-refractivity contribution is 7.89. The van der Waals surface area contributed by atoms with E-state index in [4.69, 9.17) is 16.3 Å². The minimum Gasteiger partial charge on any atom is -0.481 e.